The van der Waals surface area contributed by atoms with Gasteiger partial charge in [-0.1, -0.05) is 42.5 Å². The van der Waals surface area contributed by atoms with Crippen molar-refractivity contribution in [1.82, 2.24) is 9.24 Å². The lowest BCUT2D eigenvalue weighted by Crippen LogP contribution is -2.23. The topological polar surface area (TPSA) is 13.1 Å². The summed E-state index contributed by atoms with van der Waals surface area (Å²) in [6.45, 7) is 0. The molecular weight excluding hydrogens is 306 g/mol. The fraction of sp³-hybridized carbons (Fsp3) is 0.0909. The van der Waals surface area contributed by atoms with Crippen molar-refractivity contribution in [2.24, 2.45) is 0 Å². The van der Waals surface area contributed by atoms with Gasteiger partial charge in [0.1, 0.15) is 0 Å². The summed E-state index contributed by atoms with van der Waals surface area (Å²) < 4.78 is 4.53. The average Bonchev–Trinajstić information content (AvgIpc) is 3.20. The number of nitrogens with zero attached hydrogens (tertiary/aromatic N) is 3. The van der Waals surface area contributed by atoms with Gasteiger partial charge in [0.05, 0.1) is 16.6 Å². The van der Waals surface area contributed by atoms with E-state index in [0.717, 1.165) is 0 Å². The number of benzene rings is 3. The second kappa shape index (κ2) is 5.15. The highest BCUT2D eigenvalue weighted by atomic mass is 15.5. The molecule has 0 spiro atoms. The van der Waals surface area contributed by atoms with Crippen molar-refractivity contribution < 1.29 is 0 Å². The van der Waals surface area contributed by atoms with E-state index in [9.17, 15) is 0 Å². The zero-order valence-corrected chi connectivity index (χ0v) is 14.3. The van der Waals surface area contributed by atoms with Gasteiger partial charge in [-0.15, -0.1) is 0 Å². The van der Waals surface area contributed by atoms with Crippen molar-refractivity contribution in [3.05, 3.63) is 79.0 Å². The first-order valence-corrected chi connectivity index (χ1v) is 8.51. The van der Waals surface area contributed by atoms with Gasteiger partial charge in [-0.2, -0.15) is 0 Å². The molecule has 0 radical (unpaired) electrons. The Morgan fingerprint density at radius 1 is 0.680 bits per heavy atom. The third-order valence-corrected chi connectivity index (χ3v) is 4.93. The third-order valence-electron chi connectivity index (χ3n) is 4.93. The van der Waals surface area contributed by atoms with Crippen LogP contribution in [0.3, 0.4) is 0 Å². The smallest absolute Gasteiger partial charge is 0.0715 e. The standard InChI is InChI=1S/C22H19N3/c1-23(2)24-14-13-16-11-12-17(15-22(16)24)25-20-9-5-3-7-18(20)19-8-4-6-10-21(19)25/h3-15H,1-2H3. The largest absolute Gasteiger partial charge is 0.319 e. The summed E-state index contributed by atoms with van der Waals surface area (Å²) in [5.74, 6) is 0. The zero-order valence-electron chi connectivity index (χ0n) is 14.3. The first-order valence-electron chi connectivity index (χ1n) is 8.51. The van der Waals surface area contributed by atoms with Crippen LogP contribution in [0.25, 0.3) is 38.4 Å². The van der Waals surface area contributed by atoms with Crippen molar-refractivity contribution in [3.8, 4) is 5.69 Å². The summed E-state index contributed by atoms with van der Waals surface area (Å²) in [4.78, 5) is 0. The molecule has 5 rings (SSSR count). The van der Waals surface area contributed by atoms with Crippen LogP contribution < -0.4 is 5.01 Å². The fourth-order valence-corrected chi connectivity index (χ4v) is 3.79. The third kappa shape index (κ3) is 1.99. The van der Waals surface area contributed by atoms with Crippen molar-refractivity contribution in [2.45, 2.75) is 0 Å². The van der Waals surface area contributed by atoms with Gasteiger partial charge in [0.15, 0.2) is 0 Å². The molecule has 0 N–H and O–H groups in total. The van der Waals surface area contributed by atoms with Gasteiger partial charge in [-0.05, 0) is 30.3 Å². The van der Waals surface area contributed by atoms with E-state index in [2.05, 4.69) is 107 Å². The quantitative estimate of drug-likeness (QED) is 0.448. The van der Waals surface area contributed by atoms with Gasteiger partial charge in [0.2, 0.25) is 0 Å². The minimum absolute atomic E-state index is 1.19. The Morgan fingerprint density at radius 2 is 1.32 bits per heavy atom. The number of hydrogen-bond acceptors (Lipinski definition) is 1. The van der Waals surface area contributed by atoms with Crippen molar-refractivity contribution in [1.29, 1.82) is 0 Å². The van der Waals surface area contributed by atoms with Gasteiger partial charge in [0, 0.05) is 42.1 Å². The summed E-state index contributed by atoms with van der Waals surface area (Å²) in [5, 5.41) is 5.93. The Balaban J connectivity index is 1.89. The predicted octanol–water partition coefficient (Wildman–Crippen LogP) is 4.94. The molecule has 0 saturated heterocycles. The molecule has 0 unspecified atom stereocenters. The summed E-state index contributed by atoms with van der Waals surface area (Å²) >= 11 is 0. The Labute approximate surface area is 146 Å². The number of fused-ring (bicyclic) bond motifs is 4. The summed E-state index contributed by atoms with van der Waals surface area (Å²) in [6.07, 6.45) is 2.11. The minimum atomic E-state index is 1.19. The Bertz CT molecular complexity index is 1170. The van der Waals surface area contributed by atoms with E-state index < -0.39 is 0 Å². The maximum atomic E-state index is 2.36. The SMILES string of the molecule is CN(C)n1ccc2ccc(-n3c4ccccc4c4ccccc43)cc21. The highest BCUT2D eigenvalue weighted by molar-refractivity contribution is 6.09. The number of aromatic nitrogens is 2. The van der Waals surface area contributed by atoms with Crippen LogP contribution in [-0.2, 0) is 0 Å². The van der Waals surface area contributed by atoms with Crippen LogP contribution in [0.2, 0.25) is 0 Å². The summed E-state index contributed by atoms with van der Waals surface area (Å²) in [5.41, 5.74) is 4.88. The Morgan fingerprint density at radius 3 is 1.96 bits per heavy atom. The first-order chi connectivity index (χ1) is 12.2. The maximum absolute atomic E-state index is 2.36. The fourth-order valence-electron chi connectivity index (χ4n) is 3.79. The molecular formula is C22H19N3. The first kappa shape index (κ1) is 14.2. The maximum Gasteiger partial charge on any atom is 0.0715 e. The van der Waals surface area contributed by atoms with Crippen LogP contribution >= 0.6 is 0 Å². The molecule has 3 heteroatoms. The monoisotopic (exact) mass is 325 g/mol. The molecule has 0 aliphatic carbocycles. The molecule has 122 valence electrons. The van der Waals surface area contributed by atoms with Crippen molar-refractivity contribution in [3.63, 3.8) is 0 Å². The second-order valence-electron chi connectivity index (χ2n) is 6.62. The molecule has 0 bridgehead atoms. The van der Waals surface area contributed by atoms with Crippen LogP contribution in [-0.4, -0.2) is 23.3 Å². The summed E-state index contributed by atoms with van der Waals surface area (Å²) in [6, 6.07) is 26.1. The minimum Gasteiger partial charge on any atom is -0.319 e. The molecule has 0 amide bonds. The molecule has 3 aromatic carbocycles. The van der Waals surface area contributed by atoms with E-state index in [1.807, 2.05) is 0 Å². The van der Waals surface area contributed by atoms with Crippen LogP contribution in [0, 0.1) is 0 Å². The zero-order chi connectivity index (χ0) is 17.0. The highest BCUT2D eigenvalue weighted by Crippen LogP contribution is 2.32. The Kier molecular flexibility index (Phi) is 2.92. The molecule has 0 aliphatic rings. The molecule has 0 atom stereocenters. The van der Waals surface area contributed by atoms with Crippen molar-refractivity contribution in [2.75, 3.05) is 19.1 Å². The average molecular weight is 325 g/mol. The van der Waals surface area contributed by atoms with E-state index in [0.29, 0.717) is 0 Å². The lowest BCUT2D eigenvalue weighted by molar-refractivity contribution is 0.762. The molecule has 0 fully saturated rings. The summed E-state index contributed by atoms with van der Waals surface area (Å²) in [7, 11) is 4.12. The molecule has 5 aromatic rings. The number of para-hydroxylation sites is 2. The van der Waals surface area contributed by atoms with Crippen LogP contribution in [0.1, 0.15) is 0 Å². The molecule has 0 saturated carbocycles. The van der Waals surface area contributed by atoms with Crippen LogP contribution in [0.4, 0.5) is 0 Å². The molecule has 0 aliphatic heterocycles. The lowest BCUT2D eigenvalue weighted by Gasteiger charge is -2.16. The van der Waals surface area contributed by atoms with Gasteiger partial charge >= 0.3 is 0 Å². The van der Waals surface area contributed by atoms with E-state index in [-0.39, 0.29) is 0 Å². The van der Waals surface area contributed by atoms with Crippen molar-refractivity contribution >= 4 is 32.7 Å². The Hall–Kier alpha value is -3.20. The molecule has 2 heterocycles. The van der Waals surface area contributed by atoms with Crippen LogP contribution in [0.5, 0.6) is 0 Å². The molecule has 2 aromatic heterocycles. The van der Waals surface area contributed by atoms with Gasteiger partial charge in [0.25, 0.3) is 0 Å². The van der Waals surface area contributed by atoms with E-state index in [1.54, 1.807) is 0 Å². The van der Waals surface area contributed by atoms with Gasteiger partial charge in [-0.25, -0.2) is 0 Å². The van der Waals surface area contributed by atoms with E-state index in [4.69, 9.17) is 0 Å². The second-order valence-corrected chi connectivity index (χ2v) is 6.62. The highest BCUT2D eigenvalue weighted by Gasteiger charge is 2.12. The van der Waals surface area contributed by atoms with Gasteiger partial charge < -0.3 is 9.58 Å². The predicted molar refractivity (Wildman–Crippen MR) is 106 cm³/mol. The van der Waals surface area contributed by atoms with Crippen LogP contribution in [0.15, 0.2) is 79.0 Å². The number of hydrogen-bond donors (Lipinski definition) is 0. The lowest BCUT2D eigenvalue weighted by atomic mass is 10.2. The van der Waals surface area contributed by atoms with Gasteiger partial charge in [-0.3, -0.25) is 4.68 Å². The molecule has 25 heavy (non-hydrogen) atoms. The van der Waals surface area contributed by atoms with E-state index >= 15 is 0 Å². The normalized spacial score (nSPS) is 11.6. The van der Waals surface area contributed by atoms with E-state index in [1.165, 1.54) is 38.4 Å². The molecule has 3 nitrogen and oxygen atoms in total. The number of rotatable bonds is 2.